The van der Waals surface area contributed by atoms with Crippen LogP contribution < -0.4 is 4.74 Å². The third kappa shape index (κ3) is 7.02. The molecule has 3 heterocycles. The van der Waals surface area contributed by atoms with Gasteiger partial charge in [-0.3, -0.25) is 9.89 Å². The van der Waals surface area contributed by atoms with Gasteiger partial charge < -0.3 is 9.64 Å². The lowest BCUT2D eigenvalue weighted by Crippen LogP contribution is -2.59. The van der Waals surface area contributed by atoms with Crippen molar-refractivity contribution in [2.24, 2.45) is 10.9 Å². The molecule has 0 N–H and O–H groups in total. The zero-order chi connectivity index (χ0) is 34.0. The van der Waals surface area contributed by atoms with Gasteiger partial charge in [0.05, 0.1) is 18.4 Å². The Kier molecular flexibility index (Phi) is 10.8. The molecule has 1 aromatic heterocycles. The average molecular weight is 698 g/mol. The largest absolute Gasteiger partial charge is 0.477 e. The monoisotopic (exact) mass is 696 g/mol. The van der Waals surface area contributed by atoms with Crippen LogP contribution in [0.1, 0.15) is 89.7 Å². The average Bonchev–Trinajstić information content (AvgIpc) is 3.29. The molecule has 5 rings (SSSR count). The number of hydrogen-bond donors (Lipinski definition) is 0. The zero-order valence-electron chi connectivity index (χ0n) is 28.7. The lowest BCUT2D eigenvalue weighted by Gasteiger charge is -2.47. The Morgan fingerprint density at radius 2 is 1.60 bits per heavy atom. The van der Waals surface area contributed by atoms with Crippen LogP contribution in [0.25, 0.3) is 0 Å². The predicted molar refractivity (Wildman–Crippen MR) is 196 cm³/mol. The third-order valence-electron chi connectivity index (χ3n) is 9.77. The van der Waals surface area contributed by atoms with Gasteiger partial charge in [0.1, 0.15) is 28.5 Å². The van der Waals surface area contributed by atoms with Crippen LogP contribution in [0.2, 0.25) is 10.0 Å². The summed E-state index contributed by atoms with van der Waals surface area (Å²) in [6.45, 7) is 14.1. The lowest BCUT2D eigenvalue weighted by atomic mass is 9.71. The first kappa shape index (κ1) is 35.5. The number of hydrogen-bond acceptors (Lipinski definition) is 5. The van der Waals surface area contributed by atoms with E-state index in [1.165, 1.54) is 30.4 Å². The van der Waals surface area contributed by atoms with Crippen molar-refractivity contribution in [3.63, 3.8) is 0 Å². The van der Waals surface area contributed by atoms with Gasteiger partial charge in [0.15, 0.2) is 0 Å². The Bertz CT molecular complexity index is 1590. The maximum absolute atomic E-state index is 15.1. The molecule has 2 aromatic carbocycles. The summed E-state index contributed by atoms with van der Waals surface area (Å²) in [5.74, 6) is 3.42. The molecule has 0 bridgehead atoms. The first-order valence-corrected chi connectivity index (χ1v) is 18.9. The fourth-order valence-corrected chi connectivity index (χ4v) is 7.54. The highest BCUT2D eigenvalue weighted by Gasteiger charge is 2.60. The molecule has 0 aliphatic carbocycles. The van der Waals surface area contributed by atoms with E-state index in [1.54, 1.807) is 6.20 Å². The molecule has 1 saturated heterocycles. The molecule has 7 nitrogen and oxygen atoms in total. The van der Waals surface area contributed by atoms with E-state index in [1.807, 2.05) is 65.3 Å². The van der Waals surface area contributed by atoms with E-state index in [-0.39, 0.29) is 11.4 Å². The van der Waals surface area contributed by atoms with Crippen LogP contribution >= 0.6 is 23.2 Å². The summed E-state index contributed by atoms with van der Waals surface area (Å²) in [6.07, 6.45) is 8.42. The number of nitrogens with zero attached hydrogens (tertiary/aromatic N) is 5. The van der Waals surface area contributed by atoms with E-state index in [9.17, 15) is 0 Å². The van der Waals surface area contributed by atoms with Crippen molar-refractivity contribution in [3.8, 4) is 5.88 Å². The standard InChI is InChI=1S/C37H47Cl2N5O2S/c1-8-46-32-30(24-40-33(41-32)35(2,3)4)31-42-36(5,26-11-15-28(38)16-12-26)37(6,27-13-17-29(39)18-14-27)44(31)34(45)43-21-19-25(20-22-43)10-9-23-47-7/h11-18,24-25H,8-10,19-23H2,1-7H3/p+1/t36-,37+/m0/s1. The molecule has 2 amide bonds. The predicted octanol–water partition coefficient (Wildman–Crippen LogP) is 8.43. The Hall–Kier alpha value is -2.81. The van der Waals surface area contributed by atoms with Crippen molar-refractivity contribution >= 4 is 46.8 Å². The van der Waals surface area contributed by atoms with Crippen molar-refractivity contribution in [3.05, 3.63) is 87.3 Å². The van der Waals surface area contributed by atoms with E-state index >= 15 is 4.79 Å². The van der Waals surface area contributed by atoms with Gasteiger partial charge in [-0.05, 0) is 99.5 Å². The summed E-state index contributed by atoms with van der Waals surface area (Å²) in [4.78, 5) is 34.2. The van der Waals surface area contributed by atoms with Gasteiger partial charge in [-0.15, -0.1) is 0 Å². The molecule has 0 spiro atoms. The van der Waals surface area contributed by atoms with Crippen LogP contribution in [0.3, 0.4) is 0 Å². The van der Waals surface area contributed by atoms with Gasteiger partial charge >= 0.3 is 6.03 Å². The number of urea groups is 1. The molecule has 0 radical (unpaired) electrons. The van der Waals surface area contributed by atoms with E-state index in [4.69, 9.17) is 42.9 Å². The summed E-state index contributed by atoms with van der Waals surface area (Å²) in [5, 5.41) is 1.25. The number of carbonyl (C=O) groups excluding carboxylic acids is 1. The fourth-order valence-electron chi connectivity index (χ4n) is 6.79. The molecule has 3 aromatic rings. The molecule has 2 atom stereocenters. The molecule has 2 aliphatic rings. The Morgan fingerprint density at radius 3 is 2.15 bits per heavy atom. The number of aromatic nitrogens is 2. The number of piperidine rings is 1. The van der Waals surface area contributed by atoms with E-state index in [0.717, 1.165) is 24.0 Å². The summed E-state index contributed by atoms with van der Waals surface area (Å²) in [6, 6.07) is 15.4. The molecular formula is C37H48Cl2N5O2S+. The van der Waals surface area contributed by atoms with Gasteiger partial charge in [-0.2, -0.15) is 4.98 Å². The highest BCUT2D eigenvalue weighted by Crippen LogP contribution is 2.54. The van der Waals surface area contributed by atoms with Crippen LogP contribution in [-0.4, -0.2) is 63.3 Å². The molecular weight excluding hydrogens is 649 g/mol. The second-order valence-corrected chi connectivity index (χ2v) is 15.9. The smallest absolute Gasteiger partial charge is 0.326 e. The lowest BCUT2D eigenvalue weighted by molar-refractivity contribution is 0.0959. The van der Waals surface area contributed by atoms with Crippen LogP contribution in [0.15, 0.2) is 59.7 Å². The second kappa shape index (κ2) is 14.4. The Labute approximate surface area is 294 Å². The van der Waals surface area contributed by atoms with Crippen molar-refractivity contribution in [2.75, 3.05) is 31.7 Å². The molecule has 47 heavy (non-hydrogen) atoms. The van der Waals surface area contributed by atoms with Crippen LogP contribution in [0.4, 0.5) is 4.79 Å². The molecule has 0 unspecified atom stereocenters. The van der Waals surface area contributed by atoms with E-state index in [2.05, 4.69) is 40.9 Å². The number of aliphatic imine (C=N–C) groups is 1. The highest BCUT2D eigenvalue weighted by atomic mass is 35.5. The number of likely N-dealkylation sites (tertiary alicyclic amines) is 1. The number of amidine groups is 1. The number of rotatable bonds is 9. The van der Waals surface area contributed by atoms with Crippen molar-refractivity contribution < 1.29 is 9.53 Å². The minimum atomic E-state index is -0.971. The molecule has 0 saturated carbocycles. The molecule has 252 valence electrons. The zero-order valence-corrected chi connectivity index (χ0v) is 31.1. The third-order valence-corrected chi connectivity index (χ3v) is 11.0. The number of benzene rings is 2. The quantitative estimate of drug-likeness (QED) is 0.128. The number of thiol groups is 1. The number of ether oxygens (including phenoxy) is 1. The number of amides is 2. The Morgan fingerprint density at radius 1 is 1.00 bits per heavy atom. The number of halogens is 2. The van der Waals surface area contributed by atoms with E-state index < -0.39 is 11.1 Å². The molecule has 1 fully saturated rings. The molecule has 2 aliphatic heterocycles. The van der Waals surface area contributed by atoms with Crippen molar-refractivity contribution in [1.82, 2.24) is 19.8 Å². The van der Waals surface area contributed by atoms with Gasteiger partial charge in [0.25, 0.3) is 0 Å². The second-order valence-electron chi connectivity index (χ2n) is 13.9. The van der Waals surface area contributed by atoms with Crippen LogP contribution in [0, 0.1) is 5.92 Å². The van der Waals surface area contributed by atoms with Gasteiger partial charge in [-0.1, -0.05) is 68.2 Å². The first-order valence-electron chi connectivity index (χ1n) is 16.6. The maximum Gasteiger partial charge on any atom is 0.326 e. The minimum absolute atomic E-state index is 0.0910. The summed E-state index contributed by atoms with van der Waals surface area (Å²) in [7, 11) is 0. The summed E-state index contributed by atoms with van der Waals surface area (Å²) in [5.41, 5.74) is 0.214. The summed E-state index contributed by atoms with van der Waals surface area (Å²) < 4.78 is 6.18. The van der Waals surface area contributed by atoms with Crippen molar-refractivity contribution in [1.29, 1.82) is 0 Å². The minimum Gasteiger partial charge on any atom is -0.477 e. The normalized spacial score (nSPS) is 22.0. The summed E-state index contributed by atoms with van der Waals surface area (Å²) >= 11 is 14.2. The van der Waals surface area contributed by atoms with Crippen LogP contribution in [-0.2, 0) is 28.3 Å². The molecule has 10 heteroatoms. The fraction of sp³-hybridized carbons (Fsp3) is 0.514. The topological polar surface area (TPSA) is 70.9 Å². The SMILES string of the molecule is CCOc1nc(C(C)(C)C)ncc1C1=N[C@@](C)(c2ccc(Cl)cc2)[C@@](C)(c2ccc(Cl)cc2)N1C(=O)N1CCC(CCC[SH+]C)CC1. The highest BCUT2D eigenvalue weighted by molar-refractivity contribution is 7.77. The van der Waals surface area contributed by atoms with Crippen molar-refractivity contribution in [2.45, 2.75) is 83.7 Å². The van der Waals surface area contributed by atoms with Crippen LogP contribution in [0.5, 0.6) is 5.88 Å². The van der Waals surface area contributed by atoms with Gasteiger partial charge in [0, 0.05) is 34.7 Å². The number of carbonyl (C=O) groups is 1. The Balaban J connectivity index is 1.69. The first-order chi connectivity index (χ1) is 22.3. The van der Waals surface area contributed by atoms with E-state index in [0.29, 0.717) is 58.8 Å². The van der Waals surface area contributed by atoms with Gasteiger partial charge in [-0.25, -0.2) is 9.78 Å². The maximum atomic E-state index is 15.1. The van der Waals surface area contributed by atoms with Gasteiger partial charge in [0.2, 0.25) is 5.88 Å².